The van der Waals surface area contributed by atoms with Gasteiger partial charge < -0.3 is 5.32 Å². The van der Waals surface area contributed by atoms with Crippen LogP contribution in [0.25, 0.3) is 0 Å². The van der Waals surface area contributed by atoms with Gasteiger partial charge in [-0.1, -0.05) is 36.2 Å². The number of likely N-dealkylation sites (N-methyl/N-ethyl adjacent to an activating group) is 1. The molecule has 3 aliphatic heterocycles. The van der Waals surface area contributed by atoms with Gasteiger partial charge in [-0.25, -0.2) is 0 Å². The summed E-state index contributed by atoms with van der Waals surface area (Å²) >= 11 is 12.4. The van der Waals surface area contributed by atoms with Crippen molar-refractivity contribution in [2.24, 2.45) is 0 Å². The van der Waals surface area contributed by atoms with Gasteiger partial charge in [0.15, 0.2) is 0 Å². The lowest BCUT2D eigenvalue weighted by Gasteiger charge is -2.50. The second kappa shape index (κ2) is 6.84. The van der Waals surface area contributed by atoms with Crippen LogP contribution in [-0.4, -0.2) is 61.2 Å². The first-order valence-corrected chi connectivity index (χ1v) is 8.56. The first kappa shape index (κ1) is 15.6. The summed E-state index contributed by atoms with van der Waals surface area (Å²) < 4.78 is 0. The quantitative estimate of drug-likeness (QED) is 0.896. The van der Waals surface area contributed by atoms with Gasteiger partial charge in [0.1, 0.15) is 0 Å². The van der Waals surface area contributed by atoms with Crippen LogP contribution in [0.1, 0.15) is 12.5 Å². The number of halogens is 2. The van der Waals surface area contributed by atoms with Gasteiger partial charge in [0.25, 0.3) is 0 Å². The summed E-state index contributed by atoms with van der Waals surface area (Å²) in [4.78, 5) is 5.22. The Kier molecular flexibility index (Phi) is 5.07. The molecule has 2 unspecified atom stereocenters. The van der Waals surface area contributed by atoms with E-state index < -0.39 is 0 Å². The Balaban J connectivity index is 1.75. The maximum atomic E-state index is 6.36. The summed E-state index contributed by atoms with van der Waals surface area (Å²) in [5.41, 5.74) is 1.18. The Morgan fingerprint density at radius 1 is 1.24 bits per heavy atom. The molecule has 3 nitrogen and oxygen atoms in total. The standard InChI is InChI=1S/C16H23Cl2N3/c1-2-19-15(9-12-3-4-13(17)10-14(12)18)16-11-20-5-7-21(16)8-6-20/h3-4,10,15-16,19H,2,5-9,11H2,1H3. The Bertz CT molecular complexity index is 486. The van der Waals surface area contributed by atoms with Crippen molar-refractivity contribution in [1.29, 1.82) is 0 Å². The predicted molar refractivity (Wildman–Crippen MR) is 89.4 cm³/mol. The van der Waals surface area contributed by atoms with E-state index in [-0.39, 0.29) is 0 Å². The molecule has 116 valence electrons. The van der Waals surface area contributed by atoms with Crippen LogP contribution in [0, 0.1) is 0 Å². The zero-order valence-electron chi connectivity index (χ0n) is 12.5. The molecule has 1 aromatic rings. The normalized spacial score (nSPS) is 29.6. The molecule has 1 N–H and O–H groups in total. The number of hydrogen-bond acceptors (Lipinski definition) is 3. The molecule has 3 saturated heterocycles. The predicted octanol–water partition coefficient (Wildman–Crippen LogP) is 2.51. The molecule has 3 heterocycles. The van der Waals surface area contributed by atoms with Gasteiger partial charge in [-0.05, 0) is 30.7 Å². The third-order valence-corrected chi connectivity index (χ3v) is 5.29. The number of nitrogens with one attached hydrogen (secondary N) is 1. The highest BCUT2D eigenvalue weighted by atomic mass is 35.5. The van der Waals surface area contributed by atoms with E-state index in [0.717, 1.165) is 18.0 Å². The molecule has 0 saturated carbocycles. The molecule has 0 aliphatic carbocycles. The van der Waals surface area contributed by atoms with Gasteiger partial charge in [-0.2, -0.15) is 0 Å². The summed E-state index contributed by atoms with van der Waals surface area (Å²) in [6.07, 6.45) is 0.957. The van der Waals surface area contributed by atoms with Crippen LogP contribution < -0.4 is 5.32 Å². The summed E-state index contributed by atoms with van der Waals surface area (Å²) in [6.45, 7) is 9.16. The molecule has 2 atom stereocenters. The highest BCUT2D eigenvalue weighted by Gasteiger charge is 2.36. The lowest BCUT2D eigenvalue weighted by molar-refractivity contribution is -0.00288. The molecule has 0 aromatic heterocycles. The summed E-state index contributed by atoms with van der Waals surface area (Å²) in [5.74, 6) is 0. The van der Waals surface area contributed by atoms with Gasteiger partial charge in [-0.15, -0.1) is 0 Å². The highest BCUT2D eigenvalue weighted by Crippen LogP contribution is 2.25. The molecule has 4 rings (SSSR count). The molecule has 21 heavy (non-hydrogen) atoms. The topological polar surface area (TPSA) is 18.5 Å². The molecular formula is C16H23Cl2N3. The monoisotopic (exact) mass is 327 g/mol. The largest absolute Gasteiger partial charge is 0.312 e. The summed E-state index contributed by atoms with van der Waals surface area (Å²) in [6, 6.07) is 6.86. The van der Waals surface area contributed by atoms with Gasteiger partial charge in [0.2, 0.25) is 0 Å². The van der Waals surface area contributed by atoms with Crippen LogP contribution in [-0.2, 0) is 6.42 Å². The van der Waals surface area contributed by atoms with Crippen LogP contribution >= 0.6 is 23.2 Å². The molecule has 3 aliphatic rings. The molecule has 1 aromatic carbocycles. The zero-order valence-corrected chi connectivity index (χ0v) is 14.0. The molecular weight excluding hydrogens is 305 g/mol. The van der Waals surface area contributed by atoms with Crippen molar-refractivity contribution < 1.29 is 0 Å². The van der Waals surface area contributed by atoms with Gasteiger partial charge >= 0.3 is 0 Å². The number of piperazine rings is 3. The second-order valence-electron chi connectivity index (χ2n) is 6.01. The minimum atomic E-state index is 0.441. The highest BCUT2D eigenvalue weighted by molar-refractivity contribution is 6.35. The Labute approximate surface area is 137 Å². The van der Waals surface area contributed by atoms with Crippen LogP contribution in [0.4, 0.5) is 0 Å². The van der Waals surface area contributed by atoms with Crippen molar-refractivity contribution in [2.45, 2.75) is 25.4 Å². The molecule has 0 spiro atoms. The minimum Gasteiger partial charge on any atom is -0.312 e. The smallest absolute Gasteiger partial charge is 0.0453 e. The average molecular weight is 328 g/mol. The molecule has 0 radical (unpaired) electrons. The van der Waals surface area contributed by atoms with Crippen LogP contribution in [0.5, 0.6) is 0 Å². The van der Waals surface area contributed by atoms with Crippen molar-refractivity contribution in [2.75, 3.05) is 39.3 Å². The fraction of sp³-hybridized carbons (Fsp3) is 0.625. The second-order valence-corrected chi connectivity index (χ2v) is 6.85. The zero-order chi connectivity index (χ0) is 14.8. The summed E-state index contributed by atoms with van der Waals surface area (Å²) in [7, 11) is 0. The molecule has 5 heteroatoms. The number of hydrogen-bond donors (Lipinski definition) is 1. The van der Waals surface area contributed by atoms with Gasteiger partial charge in [0.05, 0.1) is 0 Å². The fourth-order valence-electron chi connectivity index (χ4n) is 3.57. The lowest BCUT2D eigenvalue weighted by Crippen LogP contribution is -2.66. The van der Waals surface area contributed by atoms with Crippen molar-refractivity contribution in [3.63, 3.8) is 0 Å². The third kappa shape index (κ3) is 3.54. The molecule has 0 amide bonds. The van der Waals surface area contributed by atoms with E-state index in [1.165, 1.54) is 38.3 Å². The van der Waals surface area contributed by atoms with E-state index in [1.54, 1.807) is 0 Å². The molecule has 3 fully saturated rings. The van der Waals surface area contributed by atoms with Crippen LogP contribution in [0.3, 0.4) is 0 Å². The van der Waals surface area contributed by atoms with E-state index in [4.69, 9.17) is 23.2 Å². The Morgan fingerprint density at radius 2 is 2.00 bits per heavy atom. The number of fused-ring (bicyclic) bond motifs is 3. The number of rotatable bonds is 5. The Hall–Kier alpha value is -0.320. The van der Waals surface area contributed by atoms with Gasteiger partial charge in [0, 0.05) is 54.9 Å². The van der Waals surface area contributed by atoms with Crippen molar-refractivity contribution >= 4 is 23.2 Å². The number of benzene rings is 1. The van der Waals surface area contributed by atoms with E-state index in [1.807, 2.05) is 12.1 Å². The minimum absolute atomic E-state index is 0.441. The van der Waals surface area contributed by atoms with Crippen molar-refractivity contribution in [1.82, 2.24) is 15.1 Å². The maximum Gasteiger partial charge on any atom is 0.0453 e. The Morgan fingerprint density at radius 3 is 2.57 bits per heavy atom. The van der Waals surface area contributed by atoms with Crippen LogP contribution in [0.15, 0.2) is 18.2 Å². The first-order valence-electron chi connectivity index (χ1n) is 7.81. The van der Waals surface area contributed by atoms with Gasteiger partial charge in [-0.3, -0.25) is 9.80 Å². The first-order chi connectivity index (χ1) is 10.2. The summed E-state index contributed by atoms with van der Waals surface area (Å²) in [5, 5.41) is 5.15. The van der Waals surface area contributed by atoms with E-state index in [0.29, 0.717) is 17.1 Å². The molecule has 2 bridgehead atoms. The lowest BCUT2D eigenvalue weighted by atomic mass is 9.94. The SMILES string of the molecule is CCNC(Cc1ccc(Cl)cc1Cl)C1CN2CCN1CC2. The van der Waals surface area contributed by atoms with Crippen molar-refractivity contribution in [3.8, 4) is 0 Å². The maximum absolute atomic E-state index is 6.36. The number of nitrogens with zero attached hydrogens (tertiary/aromatic N) is 2. The fourth-order valence-corrected chi connectivity index (χ4v) is 4.06. The third-order valence-electron chi connectivity index (χ3n) is 4.71. The van der Waals surface area contributed by atoms with E-state index in [2.05, 4.69) is 28.1 Å². The van der Waals surface area contributed by atoms with Crippen molar-refractivity contribution in [3.05, 3.63) is 33.8 Å². The average Bonchev–Trinajstić information content (AvgIpc) is 2.50. The van der Waals surface area contributed by atoms with E-state index >= 15 is 0 Å². The van der Waals surface area contributed by atoms with Crippen LogP contribution in [0.2, 0.25) is 10.0 Å². The van der Waals surface area contributed by atoms with E-state index in [9.17, 15) is 0 Å².